The van der Waals surface area contributed by atoms with Crippen LogP contribution in [0.15, 0.2) is 22.7 Å². The lowest BCUT2D eigenvalue weighted by Crippen LogP contribution is -2.46. The standard InChI is InChI=1S/C14H18BrClN2/c15-10-3-6-13(16)14(8-10)18-7-1-2-12(9-18)17-11-4-5-11/h3,6,8,11-12,17H,1-2,4-5,7,9H2. The Hall–Kier alpha value is -0.250. The minimum Gasteiger partial charge on any atom is -0.369 e. The van der Waals surface area contributed by atoms with Crippen molar-refractivity contribution in [3.05, 3.63) is 27.7 Å². The number of halogens is 2. The van der Waals surface area contributed by atoms with Gasteiger partial charge in [0.15, 0.2) is 0 Å². The second-order valence-corrected chi connectivity index (χ2v) is 6.64. The van der Waals surface area contributed by atoms with Crippen LogP contribution >= 0.6 is 27.5 Å². The highest BCUT2D eigenvalue weighted by atomic mass is 79.9. The Labute approximate surface area is 122 Å². The topological polar surface area (TPSA) is 15.3 Å². The third kappa shape index (κ3) is 3.01. The molecule has 1 aromatic carbocycles. The van der Waals surface area contributed by atoms with Crippen LogP contribution in [0.4, 0.5) is 5.69 Å². The van der Waals surface area contributed by atoms with Gasteiger partial charge in [-0.3, -0.25) is 0 Å². The summed E-state index contributed by atoms with van der Waals surface area (Å²) in [5.74, 6) is 0. The Kier molecular flexibility index (Phi) is 3.83. The summed E-state index contributed by atoms with van der Waals surface area (Å²) in [7, 11) is 0. The molecule has 1 N–H and O–H groups in total. The van der Waals surface area contributed by atoms with E-state index in [0.29, 0.717) is 6.04 Å². The lowest BCUT2D eigenvalue weighted by molar-refractivity contribution is 0.420. The lowest BCUT2D eigenvalue weighted by atomic mass is 10.0. The molecule has 1 unspecified atom stereocenters. The van der Waals surface area contributed by atoms with E-state index in [1.165, 1.54) is 25.7 Å². The molecule has 2 aliphatic rings. The predicted molar refractivity (Wildman–Crippen MR) is 80.5 cm³/mol. The predicted octanol–water partition coefficient (Wildman–Crippen LogP) is 3.82. The Balaban J connectivity index is 1.72. The monoisotopic (exact) mass is 328 g/mol. The van der Waals surface area contributed by atoms with Gasteiger partial charge in [0.2, 0.25) is 0 Å². The lowest BCUT2D eigenvalue weighted by Gasteiger charge is -2.35. The molecular weight excluding hydrogens is 312 g/mol. The van der Waals surface area contributed by atoms with E-state index in [2.05, 4.69) is 32.2 Å². The average molecular weight is 330 g/mol. The van der Waals surface area contributed by atoms with Gasteiger partial charge in [-0.05, 0) is 43.9 Å². The van der Waals surface area contributed by atoms with Crippen LogP contribution in [0.5, 0.6) is 0 Å². The minimum absolute atomic E-state index is 0.626. The first kappa shape index (κ1) is 12.8. The van der Waals surface area contributed by atoms with Crippen LogP contribution < -0.4 is 10.2 Å². The SMILES string of the molecule is Clc1ccc(Br)cc1N1CCCC(NC2CC2)C1. The molecule has 18 heavy (non-hydrogen) atoms. The van der Waals surface area contributed by atoms with Gasteiger partial charge in [0.05, 0.1) is 10.7 Å². The molecule has 1 atom stereocenters. The molecule has 1 aliphatic carbocycles. The number of hydrogen-bond donors (Lipinski definition) is 1. The quantitative estimate of drug-likeness (QED) is 0.907. The van der Waals surface area contributed by atoms with E-state index in [0.717, 1.165) is 34.3 Å². The highest BCUT2D eigenvalue weighted by molar-refractivity contribution is 9.10. The second kappa shape index (κ2) is 5.40. The molecule has 2 nitrogen and oxygen atoms in total. The molecule has 4 heteroatoms. The summed E-state index contributed by atoms with van der Waals surface area (Å²) < 4.78 is 1.10. The van der Waals surface area contributed by atoms with Crippen LogP contribution in [0, 0.1) is 0 Å². The van der Waals surface area contributed by atoms with E-state index >= 15 is 0 Å². The molecule has 0 amide bonds. The van der Waals surface area contributed by atoms with Crippen molar-refractivity contribution in [1.29, 1.82) is 0 Å². The summed E-state index contributed by atoms with van der Waals surface area (Å²) in [5.41, 5.74) is 1.16. The molecule has 1 saturated carbocycles. The third-order valence-corrected chi connectivity index (χ3v) is 4.53. The Morgan fingerprint density at radius 2 is 2.06 bits per heavy atom. The van der Waals surface area contributed by atoms with Gasteiger partial charge < -0.3 is 10.2 Å². The van der Waals surface area contributed by atoms with Gasteiger partial charge in [0.25, 0.3) is 0 Å². The highest BCUT2D eigenvalue weighted by Gasteiger charge is 2.28. The van der Waals surface area contributed by atoms with Crippen LogP contribution in [0.3, 0.4) is 0 Å². The first-order valence-electron chi connectivity index (χ1n) is 6.68. The summed E-state index contributed by atoms with van der Waals surface area (Å²) in [6, 6.07) is 7.51. The van der Waals surface area contributed by atoms with E-state index in [1.54, 1.807) is 0 Å². The molecule has 1 saturated heterocycles. The number of benzene rings is 1. The van der Waals surface area contributed by atoms with Crippen molar-refractivity contribution < 1.29 is 0 Å². The van der Waals surface area contributed by atoms with Crippen molar-refractivity contribution in [2.45, 2.75) is 37.8 Å². The molecule has 98 valence electrons. The van der Waals surface area contributed by atoms with Gasteiger partial charge in [-0.15, -0.1) is 0 Å². The third-order valence-electron chi connectivity index (χ3n) is 3.72. The number of nitrogens with zero attached hydrogens (tertiary/aromatic N) is 1. The molecule has 2 fully saturated rings. The molecule has 3 rings (SSSR count). The summed E-state index contributed by atoms with van der Waals surface area (Å²) in [4.78, 5) is 2.41. The molecule has 1 aliphatic heterocycles. The summed E-state index contributed by atoms with van der Waals surface area (Å²) in [6.45, 7) is 2.19. The maximum atomic E-state index is 6.31. The smallest absolute Gasteiger partial charge is 0.0640 e. The van der Waals surface area contributed by atoms with Crippen molar-refractivity contribution in [2.75, 3.05) is 18.0 Å². The maximum Gasteiger partial charge on any atom is 0.0640 e. The largest absolute Gasteiger partial charge is 0.369 e. The van der Waals surface area contributed by atoms with Crippen molar-refractivity contribution in [2.24, 2.45) is 0 Å². The molecule has 1 heterocycles. The molecule has 1 aromatic rings. The van der Waals surface area contributed by atoms with Crippen molar-refractivity contribution in [3.63, 3.8) is 0 Å². The van der Waals surface area contributed by atoms with E-state index in [1.807, 2.05) is 12.1 Å². The maximum absolute atomic E-state index is 6.31. The number of anilines is 1. The van der Waals surface area contributed by atoms with Gasteiger partial charge in [-0.2, -0.15) is 0 Å². The van der Waals surface area contributed by atoms with Gasteiger partial charge in [0, 0.05) is 29.6 Å². The van der Waals surface area contributed by atoms with Crippen LogP contribution in [0.25, 0.3) is 0 Å². The minimum atomic E-state index is 0.626. The van der Waals surface area contributed by atoms with Gasteiger partial charge in [-0.1, -0.05) is 27.5 Å². The second-order valence-electron chi connectivity index (χ2n) is 5.32. The summed E-state index contributed by atoms with van der Waals surface area (Å²) >= 11 is 9.84. The Bertz CT molecular complexity index is 434. The summed E-state index contributed by atoms with van der Waals surface area (Å²) in [5, 5.41) is 4.58. The first-order chi connectivity index (χ1) is 8.72. The summed E-state index contributed by atoms with van der Waals surface area (Å²) in [6.07, 6.45) is 5.24. The zero-order valence-corrected chi connectivity index (χ0v) is 12.7. The number of piperidine rings is 1. The van der Waals surface area contributed by atoms with Gasteiger partial charge in [0.1, 0.15) is 0 Å². The average Bonchev–Trinajstić information content (AvgIpc) is 3.16. The molecule has 0 aromatic heterocycles. The zero-order valence-electron chi connectivity index (χ0n) is 10.3. The number of hydrogen-bond acceptors (Lipinski definition) is 2. The fraction of sp³-hybridized carbons (Fsp3) is 0.571. The first-order valence-corrected chi connectivity index (χ1v) is 7.85. The Morgan fingerprint density at radius 1 is 1.22 bits per heavy atom. The van der Waals surface area contributed by atoms with Crippen LogP contribution in [0.2, 0.25) is 5.02 Å². The van der Waals surface area contributed by atoms with E-state index in [-0.39, 0.29) is 0 Å². The fourth-order valence-electron chi connectivity index (χ4n) is 2.64. The Morgan fingerprint density at radius 3 is 2.83 bits per heavy atom. The van der Waals surface area contributed by atoms with E-state index in [4.69, 9.17) is 11.6 Å². The normalized spacial score (nSPS) is 24.3. The zero-order chi connectivity index (χ0) is 12.5. The van der Waals surface area contributed by atoms with Gasteiger partial charge in [-0.25, -0.2) is 0 Å². The van der Waals surface area contributed by atoms with E-state index in [9.17, 15) is 0 Å². The molecule has 0 radical (unpaired) electrons. The molecular formula is C14H18BrClN2. The highest BCUT2D eigenvalue weighted by Crippen LogP contribution is 2.31. The van der Waals surface area contributed by atoms with Crippen molar-refractivity contribution in [3.8, 4) is 0 Å². The number of rotatable bonds is 3. The van der Waals surface area contributed by atoms with Crippen LogP contribution in [0.1, 0.15) is 25.7 Å². The van der Waals surface area contributed by atoms with Crippen LogP contribution in [-0.2, 0) is 0 Å². The molecule has 0 spiro atoms. The van der Waals surface area contributed by atoms with E-state index < -0.39 is 0 Å². The number of nitrogens with one attached hydrogen (secondary N) is 1. The fourth-order valence-corrected chi connectivity index (χ4v) is 3.23. The van der Waals surface area contributed by atoms with Crippen molar-refractivity contribution >= 4 is 33.2 Å². The van der Waals surface area contributed by atoms with Gasteiger partial charge >= 0.3 is 0 Å². The van der Waals surface area contributed by atoms with Crippen LogP contribution in [-0.4, -0.2) is 25.2 Å². The van der Waals surface area contributed by atoms with Crippen molar-refractivity contribution in [1.82, 2.24) is 5.32 Å². The molecule has 0 bridgehead atoms.